The van der Waals surface area contributed by atoms with Crippen LogP contribution in [-0.2, 0) is 21.7 Å². The molecule has 1 atom stereocenters. The quantitative estimate of drug-likeness (QED) is 0.158. The number of benzene rings is 6. The first-order valence-corrected chi connectivity index (χ1v) is 23.6. The van der Waals surface area contributed by atoms with Crippen molar-refractivity contribution in [1.82, 2.24) is 0 Å². The smallest absolute Gasteiger partial charge is 0.139 e. The van der Waals surface area contributed by atoms with Gasteiger partial charge in [0.05, 0.1) is 0 Å². The molecule has 6 aromatic carbocycles. The molecule has 0 saturated carbocycles. The number of hydrogen-bond donors (Lipinski definition) is 0. The summed E-state index contributed by atoms with van der Waals surface area (Å²) in [6, 6.07) is 37.2. The van der Waals surface area contributed by atoms with Crippen LogP contribution < -0.4 is 4.74 Å². The summed E-state index contributed by atoms with van der Waals surface area (Å²) in [5.74, 6) is 9.61. The summed E-state index contributed by atoms with van der Waals surface area (Å²) in [6.45, 7) is 19.1. The molecule has 64 heavy (non-hydrogen) atoms. The number of hydrogen-bond acceptors (Lipinski definition) is 1. The van der Waals surface area contributed by atoms with Crippen molar-refractivity contribution in [3.05, 3.63) is 193 Å². The van der Waals surface area contributed by atoms with E-state index in [1.165, 1.54) is 117 Å². The summed E-state index contributed by atoms with van der Waals surface area (Å²) in [7, 11) is 0. The fraction of sp³-hybridized carbons (Fsp3) is 0.258. The van der Waals surface area contributed by atoms with Crippen LogP contribution in [-0.4, -0.2) is 0 Å². The van der Waals surface area contributed by atoms with E-state index in [1.54, 1.807) is 0 Å². The Balaban J connectivity index is 0.948. The van der Waals surface area contributed by atoms with Gasteiger partial charge < -0.3 is 4.74 Å². The second-order valence-electron chi connectivity index (χ2n) is 21.4. The van der Waals surface area contributed by atoms with Crippen LogP contribution in [0.5, 0.6) is 5.75 Å². The van der Waals surface area contributed by atoms with E-state index in [-0.39, 0.29) is 27.6 Å². The highest BCUT2D eigenvalue weighted by atomic mass is 35.5. The molecule has 0 aromatic heterocycles. The maximum absolute atomic E-state index is 7.15. The molecule has 13 rings (SSSR count). The summed E-state index contributed by atoms with van der Waals surface area (Å²) in [6.07, 6.45) is 11.6. The summed E-state index contributed by atoms with van der Waals surface area (Å²) in [4.78, 5) is 0. The highest BCUT2D eigenvalue weighted by Gasteiger charge is 2.47. The molecule has 1 unspecified atom stereocenters. The Hall–Kier alpha value is -6.07. The minimum Gasteiger partial charge on any atom is -0.460 e. The summed E-state index contributed by atoms with van der Waals surface area (Å²) < 4.78 is 7.15. The number of halogens is 1. The van der Waals surface area contributed by atoms with Gasteiger partial charge in [0.15, 0.2) is 0 Å². The molecule has 2 heteroatoms. The molecule has 0 bridgehead atoms. The van der Waals surface area contributed by atoms with E-state index in [2.05, 4.69) is 183 Å². The van der Waals surface area contributed by atoms with E-state index in [9.17, 15) is 0 Å². The zero-order valence-electron chi connectivity index (χ0n) is 38.0. The lowest BCUT2D eigenvalue weighted by atomic mass is 9.76. The molecule has 0 spiro atoms. The zero-order chi connectivity index (χ0) is 43.8. The molecule has 0 radical (unpaired) electrons. The van der Waals surface area contributed by atoms with Crippen molar-refractivity contribution in [1.29, 1.82) is 0 Å². The van der Waals surface area contributed by atoms with Gasteiger partial charge in [-0.25, -0.2) is 0 Å². The van der Waals surface area contributed by atoms with Crippen molar-refractivity contribution in [2.45, 2.75) is 102 Å². The fourth-order valence-electron chi connectivity index (χ4n) is 13.1. The van der Waals surface area contributed by atoms with Gasteiger partial charge in [0.25, 0.3) is 0 Å². The van der Waals surface area contributed by atoms with E-state index >= 15 is 0 Å². The van der Waals surface area contributed by atoms with Crippen LogP contribution >= 0.6 is 11.6 Å². The largest absolute Gasteiger partial charge is 0.460 e. The van der Waals surface area contributed by atoms with Crippen LogP contribution in [0, 0.1) is 11.8 Å². The molecule has 0 saturated heterocycles. The average Bonchev–Trinajstić information content (AvgIpc) is 3.96. The number of fused-ring (bicyclic) bond motifs is 15. The van der Waals surface area contributed by atoms with E-state index in [0.717, 1.165) is 29.4 Å². The minimum atomic E-state index is -0.250. The maximum Gasteiger partial charge on any atom is 0.139 e. The SMILES string of the molecule is CC1(C)C2=C(CC#CCC(c3cc4c(c5c3C3CC=CC=C3O5)-c3cc5c(cc3C4(C)C)-c3ccc(Cl)cc3C5(C)C)=C2)c2ccc(-c3ccc4c(c3)C(C)(C)c3ccccc3-4)cc21. The second kappa shape index (κ2) is 12.6. The zero-order valence-corrected chi connectivity index (χ0v) is 38.8. The first-order valence-electron chi connectivity index (χ1n) is 23.2. The number of allylic oxidation sites excluding steroid dienone is 8. The Morgan fingerprint density at radius 2 is 1.14 bits per heavy atom. The van der Waals surface area contributed by atoms with Gasteiger partial charge in [0.2, 0.25) is 0 Å². The minimum absolute atomic E-state index is 0.0430. The van der Waals surface area contributed by atoms with Crippen molar-refractivity contribution in [2.24, 2.45) is 0 Å². The van der Waals surface area contributed by atoms with Crippen molar-refractivity contribution in [3.8, 4) is 62.1 Å². The van der Waals surface area contributed by atoms with Gasteiger partial charge in [0, 0.05) is 56.6 Å². The molecule has 6 aromatic rings. The molecule has 6 aliphatic carbocycles. The molecule has 7 aliphatic rings. The van der Waals surface area contributed by atoms with Crippen LogP contribution in [0.3, 0.4) is 0 Å². The first kappa shape index (κ1) is 38.4. The Bertz CT molecular complexity index is 3390. The molecule has 0 fully saturated rings. The van der Waals surface area contributed by atoms with Crippen LogP contribution in [0.15, 0.2) is 133 Å². The molecule has 1 nitrogen and oxygen atoms in total. The topological polar surface area (TPSA) is 9.23 Å². The number of ether oxygens (including phenoxy) is 1. The van der Waals surface area contributed by atoms with Gasteiger partial charge in [0.1, 0.15) is 11.5 Å². The molecule has 0 N–H and O–H groups in total. The molecule has 0 amide bonds. The Morgan fingerprint density at radius 1 is 0.547 bits per heavy atom. The van der Waals surface area contributed by atoms with E-state index in [4.69, 9.17) is 16.3 Å². The van der Waals surface area contributed by atoms with E-state index < -0.39 is 0 Å². The summed E-state index contributed by atoms with van der Waals surface area (Å²) in [5.41, 5.74) is 27.3. The lowest BCUT2D eigenvalue weighted by Gasteiger charge is -2.27. The van der Waals surface area contributed by atoms with Crippen molar-refractivity contribution >= 4 is 22.7 Å². The Labute approximate surface area is 383 Å². The van der Waals surface area contributed by atoms with Crippen LogP contribution in [0.25, 0.3) is 55.7 Å². The third kappa shape index (κ3) is 4.88. The highest BCUT2D eigenvalue weighted by Crippen LogP contribution is 2.63. The predicted molar refractivity (Wildman–Crippen MR) is 266 cm³/mol. The molecule has 312 valence electrons. The second-order valence-corrected chi connectivity index (χ2v) is 21.9. The van der Waals surface area contributed by atoms with Gasteiger partial charge in [-0.05, 0) is 161 Å². The maximum atomic E-state index is 7.15. The monoisotopic (exact) mass is 846 g/mol. The standard InChI is InChI=1S/C62H51ClO/c1-59(2)47-19-13-11-16-38(47)40-24-21-34(27-48(40)59)35-22-25-41-39-17-10-9-15-36(29-50(39)60(3,4)49(41)28-35)44-31-54-57(58-56(44)43-18-12-14-20-55(43)64-58)46-33-52-45(32-53(46)62(54,7)8)42-26-23-37(63)30-51(42)61(52,5)6/h11-14,16,19-33,43H,15,17-18H2,1-8H3. The third-order valence-electron chi connectivity index (χ3n) is 16.7. The van der Waals surface area contributed by atoms with Crippen LogP contribution in [0.4, 0.5) is 0 Å². The van der Waals surface area contributed by atoms with Gasteiger partial charge >= 0.3 is 0 Å². The van der Waals surface area contributed by atoms with Crippen molar-refractivity contribution in [2.75, 3.05) is 0 Å². The third-order valence-corrected chi connectivity index (χ3v) is 16.9. The van der Waals surface area contributed by atoms with Crippen LogP contribution in [0.2, 0.25) is 5.02 Å². The van der Waals surface area contributed by atoms with Gasteiger partial charge in [-0.3, -0.25) is 0 Å². The lowest BCUT2D eigenvalue weighted by Crippen LogP contribution is -2.18. The first-order chi connectivity index (χ1) is 30.7. The normalized spacial score (nSPS) is 20.6. The lowest BCUT2D eigenvalue weighted by molar-refractivity contribution is 0.426. The van der Waals surface area contributed by atoms with Crippen molar-refractivity contribution in [3.63, 3.8) is 0 Å². The summed E-state index contributed by atoms with van der Waals surface area (Å²) >= 11 is 6.62. The molecule has 1 aliphatic heterocycles. The highest BCUT2D eigenvalue weighted by molar-refractivity contribution is 6.30. The van der Waals surface area contributed by atoms with Crippen molar-refractivity contribution < 1.29 is 4.74 Å². The average molecular weight is 848 g/mol. The Morgan fingerprint density at radius 3 is 1.95 bits per heavy atom. The van der Waals surface area contributed by atoms with E-state index in [1.807, 2.05) is 6.07 Å². The fourth-order valence-corrected chi connectivity index (χ4v) is 13.3. The van der Waals surface area contributed by atoms with E-state index in [0.29, 0.717) is 6.42 Å². The summed E-state index contributed by atoms with van der Waals surface area (Å²) in [5, 5.41) is 0.790. The molecular formula is C62H51ClO. The van der Waals surface area contributed by atoms with Gasteiger partial charge in [-0.2, -0.15) is 0 Å². The van der Waals surface area contributed by atoms with Crippen LogP contribution in [0.1, 0.15) is 136 Å². The predicted octanol–water partition coefficient (Wildman–Crippen LogP) is 16.2. The Kier molecular flexibility index (Phi) is 7.55. The van der Waals surface area contributed by atoms with Gasteiger partial charge in [-0.1, -0.05) is 152 Å². The van der Waals surface area contributed by atoms with Gasteiger partial charge in [-0.15, -0.1) is 0 Å². The molecular weight excluding hydrogens is 796 g/mol. The number of rotatable bonds is 2. The molecule has 1 heterocycles.